The van der Waals surface area contributed by atoms with Crippen molar-refractivity contribution in [3.05, 3.63) is 70.3 Å². The van der Waals surface area contributed by atoms with Gasteiger partial charge in [0.1, 0.15) is 5.69 Å². The number of halogens is 5. The van der Waals surface area contributed by atoms with Gasteiger partial charge in [0.2, 0.25) is 5.91 Å². The number of rotatable bonds is 5. The summed E-state index contributed by atoms with van der Waals surface area (Å²) >= 11 is 12.9. The van der Waals surface area contributed by atoms with Crippen molar-refractivity contribution in [1.29, 1.82) is 0 Å². The predicted octanol–water partition coefficient (Wildman–Crippen LogP) is 6.59. The molecule has 2 aromatic carbocycles. The van der Waals surface area contributed by atoms with Crippen LogP contribution in [0.2, 0.25) is 10.0 Å². The van der Waals surface area contributed by atoms with Gasteiger partial charge in [0, 0.05) is 5.56 Å². The second-order valence-corrected chi connectivity index (χ2v) is 8.25. The average molecular weight is 472 g/mol. The summed E-state index contributed by atoms with van der Waals surface area (Å²) in [4.78, 5) is 20.3. The first-order valence-electron chi connectivity index (χ1n) is 8.58. The number of nitrogens with zero attached hydrogens (tertiary/aromatic N) is 2. The predicted molar refractivity (Wildman–Crippen MR) is 113 cm³/mol. The van der Waals surface area contributed by atoms with Gasteiger partial charge in [0.15, 0.2) is 5.16 Å². The average Bonchev–Trinajstić information content (AvgIpc) is 2.70. The van der Waals surface area contributed by atoms with Crippen molar-refractivity contribution >= 4 is 46.6 Å². The number of amides is 1. The van der Waals surface area contributed by atoms with Gasteiger partial charge < -0.3 is 5.32 Å². The van der Waals surface area contributed by atoms with E-state index in [2.05, 4.69) is 15.3 Å². The molecule has 0 bridgehead atoms. The summed E-state index contributed by atoms with van der Waals surface area (Å²) in [6.45, 7) is 1.52. The van der Waals surface area contributed by atoms with Crippen LogP contribution in [0.15, 0.2) is 59.8 Å². The van der Waals surface area contributed by atoms with Crippen LogP contribution in [0.4, 0.5) is 18.9 Å². The molecule has 3 rings (SSSR count). The van der Waals surface area contributed by atoms with Crippen molar-refractivity contribution < 1.29 is 18.0 Å². The minimum atomic E-state index is -4.65. The van der Waals surface area contributed by atoms with Crippen LogP contribution in [0, 0.1) is 0 Å². The summed E-state index contributed by atoms with van der Waals surface area (Å²) in [5.41, 5.74) is -0.233. The molecule has 1 amide bonds. The standard InChI is InChI=1S/C20H14Cl2F3N3OS/c1-11(18(29)28-17-13(21)8-5-9-14(17)22)30-19-26-15(12-6-3-2-4-7-12)10-16(27-19)20(23,24)25/h2-11H,1H3,(H,28,29)/t11-/m0/s1. The van der Waals surface area contributed by atoms with E-state index in [1.807, 2.05) is 0 Å². The Morgan fingerprint density at radius 3 is 2.27 bits per heavy atom. The van der Waals surface area contributed by atoms with E-state index in [0.29, 0.717) is 5.56 Å². The Hall–Kier alpha value is -2.29. The second-order valence-electron chi connectivity index (χ2n) is 6.13. The Kier molecular flexibility index (Phi) is 6.90. The van der Waals surface area contributed by atoms with Gasteiger partial charge in [-0.25, -0.2) is 9.97 Å². The quantitative estimate of drug-likeness (QED) is 0.336. The zero-order chi connectivity index (χ0) is 21.9. The van der Waals surface area contributed by atoms with E-state index in [9.17, 15) is 18.0 Å². The molecule has 0 saturated carbocycles. The van der Waals surface area contributed by atoms with Gasteiger partial charge >= 0.3 is 6.18 Å². The third-order valence-corrected chi connectivity index (χ3v) is 5.52. The highest BCUT2D eigenvalue weighted by molar-refractivity contribution is 8.00. The lowest BCUT2D eigenvalue weighted by molar-refractivity contribution is -0.141. The van der Waals surface area contributed by atoms with Crippen LogP contribution >= 0.6 is 35.0 Å². The number of anilines is 1. The molecule has 1 atom stereocenters. The van der Waals surface area contributed by atoms with E-state index >= 15 is 0 Å². The fourth-order valence-electron chi connectivity index (χ4n) is 2.43. The maximum absolute atomic E-state index is 13.3. The fourth-order valence-corrected chi connectivity index (χ4v) is 3.71. The molecule has 3 aromatic rings. The number of nitrogens with one attached hydrogen (secondary N) is 1. The molecule has 0 fully saturated rings. The summed E-state index contributed by atoms with van der Waals surface area (Å²) in [6, 6.07) is 14.1. The smallest absolute Gasteiger partial charge is 0.323 e. The first kappa shape index (κ1) is 22.4. The Morgan fingerprint density at radius 2 is 1.67 bits per heavy atom. The van der Waals surface area contributed by atoms with Gasteiger partial charge in [-0.2, -0.15) is 13.2 Å². The van der Waals surface area contributed by atoms with Crippen molar-refractivity contribution in [2.75, 3.05) is 5.32 Å². The lowest BCUT2D eigenvalue weighted by atomic mass is 10.1. The van der Waals surface area contributed by atoms with Gasteiger partial charge in [0.05, 0.1) is 26.7 Å². The van der Waals surface area contributed by atoms with Crippen LogP contribution in [-0.2, 0) is 11.0 Å². The molecule has 0 spiro atoms. The second kappa shape index (κ2) is 9.24. The molecule has 30 heavy (non-hydrogen) atoms. The number of aromatic nitrogens is 2. The van der Waals surface area contributed by atoms with Gasteiger partial charge in [-0.05, 0) is 25.1 Å². The van der Waals surface area contributed by atoms with Crippen LogP contribution < -0.4 is 5.32 Å². The van der Waals surface area contributed by atoms with Crippen molar-refractivity contribution in [3.8, 4) is 11.3 Å². The minimum absolute atomic E-state index is 0.113. The lowest BCUT2D eigenvalue weighted by Crippen LogP contribution is -2.23. The molecule has 1 aromatic heterocycles. The Bertz CT molecular complexity index is 1040. The topological polar surface area (TPSA) is 54.9 Å². The van der Waals surface area contributed by atoms with Crippen LogP contribution in [0.3, 0.4) is 0 Å². The third-order valence-electron chi connectivity index (χ3n) is 3.93. The zero-order valence-electron chi connectivity index (χ0n) is 15.4. The largest absolute Gasteiger partial charge is 0.433 e. The van der Waals surface area contributed by atoms with Crippen LogP contribution in [0.5, 0.6) is 0 Å². The molecule has 0 aliphatic carbocycles. The van der Waals surface area contributed by atoms with Gasteiger partial charge in [0.25, 0.3) is 0 Å². The van der Waals surface area contributed by atoms with Gasteiger partial charge in [-0.15, -0.1) is 0 Å². The van der Waals surface area contributed by atoms with E-state index in [1.54, 1.807) is 48.5 Å². The minimum Gasteiger partial charge on any atom is -0.323 e. The lowest BCUT2D eigenvalue weighted by Gasteiger charge is -2.15. The van der Waals surface area contributed by atoms with Crippen LogP contribution in [0.25, 0.3) is 11.3 Å². The first-order chi connectivity index (χ1) is 14.1. The molecular formula is C20H14Cl2F3N3OS. The zero-order valence-corrected chi connectivity index (χ0v) is 17.7. The molecule has 1 heterocycles. The number of carbonyl (C=O) groups excluding carboxylic acids is 1. The fraction of sp³-hybridized carbons (Fsp3) is 0.150. The summed E-state index contributed by atoms with van der Waals surface area (Å²) < 4.78 is 40.0. The molecular weight excluding hydrogens is 458 g/mol. The molecule has 1 N–H and O–H groups in total. The van der Waals surface area contributed by atoms with E-state index in [-0.39, 0.29) is 26.6 Å². The SMILES string of the molecule is C[C@H](Sc1nc(-c2ccccc2)cc(C(F)(F)F)n1)C(=O)Nc1c(Cl)cccc1Cl. The van der Waals surface area contributed by atoms with Crippen LogP contribution in [-0.4, -0.2) is 21.1 Å². The van der Waals surface area contributed by atoms with E-state index in [4.69, 9.17) is 23.2 Å². The number of hydrogen-bond donors (Lipinski definition) is 1. The Morgan fingerprint density at radius 1 is 1.03 bits per heavy atom. The summed E-state index contributed by atoms with van der Waals surface area (Å²) in [7, 11) is 0. The van der Waals surface area contributed by atoms with E-state index in [0.717, 1.165) is 17.8 Å². The molecule has 156 valence electrons. The maximum Gasteiger partial charge on any atom is 0.433 e. The number of para-hydroxylation sites is 1. The van der Waals surface area contributed by atoms with Crippen molar-refractivity contribution in [2.45, 2.75) is 23.5 Å². The molecule has 0 saturated heterocycles. The number of carbonyl (C=O) groups is 1. The number of benzene rings is 2. The highest BCUT2D eigenvalue weighted by atomic mass is 35.5. The number of hydrogen-bond acceptors (Lipinski definition) is 4. The highest BCUT2D eigenvalue weighted by Gasteiger charge is 2.34. The van der Waals surface area contributed by atoms with Gasteiger partial charge in [-0.3, -0.25) is 4.79 Å². The van der Waals surface area contributed by atoms with E-state index < -0.39 is 23.0 Å². The van der Waals surface area contributed by atoms with Crippen molar-refractivity contribution in [3.63, 3.8) is 0 Å². The molecule has 10 heteroatoms. The normalized spacial score (nSPS) is 12.5. The Balaban J connectivity index is 1.87. The van der Waals surface area contributed by atoms with Crippen LogP contribution in [0.1, 0.15) is 12.6 Å². The van der Waals surface area contributed by atoms with Crippen molar-refractivity contribution in [2.24, 2.45) is 0 Å². The summed E-state index contributed by atoms with van der Waals surface area (Å²) in [5.74, 6) is -0.503. The van der Waals surface area contributed by atoms with Gasteiger partial charge in [-0.1, -0.05) is 71.4 Å². The molecule has 0 unspecified atom stereocenters. The molecule has 0 aliphatic rings. The summed E-state index contributed by atoms with van der Waals surface area (Å²) in [6.07, 6.45) is -4.65. The molecule has 0 radical (unpaired) electrons. The third kappa shape index (κ3) is 5.44. The molecule has 4 nitrogen and oxygen atoms in total. The number of alkyl halides is 3. The maximum atomic E-state index is 13.3. The first-order valence-corrected chi connectivity index (χ1v) is 10.2. The summed E-state index contributed by atoms with van der Waals surface area (Å²) in [5, 5.41) is 2.09. The highest BCUT2D eigenvalue weighted by Crippen LogP contribution is 2.34. The Labute approximate surface area is 184 Å². The van der Waals surface area contributed by atoms with Crippen molar-refractivity contribution in [1.82, 2.24) is 9.97 Å². The monoisotopic (exact) mass is 471 g/mol. The van der Waals surface area contributed by atoms with E-state index in [1.165, 1.54) is 6.92 Å². The molecule has 0 aliphatic heterocycles. The number of thioether (sulfide) groups is 1.